The molecule has 0 saturated carbocycles. The Morgan fingerprint density at radius 3 is 2.71 bits per heavy atom. The monoisotopic (exact) mass is 300 g/mol. The number of aromatic nitrogens is 2. The van der Waals surface area contributed by atoms with Crippen LogP contribution in [-0.2, 0) is 13.5 Å². The lowest BCUT2D eigenvalue weighted by molar-refractivity contribution is 0.581. The van der Waals surface area contributed by atoms with Crippen LogP contribution in [0.15, 0.2) is 29.4 Å². The van der Waals surface area contributed by atoms with E-state index in [0.717, 1.165) is 23.0 Å². The zero-order valence-corrected chi connectivity index (χ0v) is 14.3. The van der Waals surface area contributed by atoms with Crippen molar-refractivity contribution in [3.8, 4) is 5.75 Å². The number of hydrogen-bond donors (Lipinski definition) is 0. The molecule has 111 valence electrons. The number of aryl methyl sites for hydroxylation is 3. The van der Waals surface area contributed by atoms with Crippen LogP contribution in [0.4, 0.5) is 5.69 Å². The average Bonchev–Trinajstić information content (AvgIpc) is 2.70. The second-order valence-corrected chi connectivity index (χ2v) is 7.43. The molecule has 0 fully saturated rings. The van der Waals surface area contributed by atoms with E-state index >= 15 is 0 Å². The van der Waals surface area contributed by atoms with Crippen molar-refractivity contribution in [1.82, 2.24) is 9.55 Å². The highest BCUT2D eigenvalue weighted by molar-refractivity contribution is 6.49. The van der Waals surface area contributed by atoms with Gasteiger partial charge in [0.05, 0.1) is 5.69 Å². The smallest absolute Gasteiger partial charge is 0.274 e. The minimum atomic E-state index is -0.795. The summed E-state index contributed by atoms with van der Waals surface area (Å²) < 4.78 is 7.96. The Labute approximate surface area is 128 Å². The molecule has 2 aromatic rings. The van der Waals surface area contributed by atoms with Crippen LogP contribution >= 0.6 is 0 Å². The van der Waals surface area contributed by atoms with Gasteiger partial charge in [0.25, 0.3) is 9.04 Å². The second-order valence-electron chi connectivity index (χ2n) is 5.41. The van der Waals surface area contributed by atoms with E-state index in [4.69, 9.17) is 4.43 Å². The zero-order chi connectivity index (χ0) is 15.4. The van der Waals surface area contributed by atoms with Crippen molar-refractivity contribution in [3.63, 3.8) is 0 Å². The third kappa shape index (κ3) is 4.29. The molecule has 0 aliphatic carbocycles. The fraction of sp³-hybridized carbons (Fsp3) is 0.375. The van der Waals surface area contributed by atoms with Crippen LogP contribution in [0.3, 0.4) is 0 Å². The summed E-state index contributed by atoms with van der Waals surface area (Å²) in [5.41, 5.74) is 3.11. The van der Waals surface area contributed by atoms with E-state index in [1.54, 1.807) is 0 Å². The first-order valence-electron chi connectivity index (χ1n) is 7.05. The molecule has 1 aromatic carbocycles. The van der Waals surface area contributed by atoms with Gasteiger partial charge in [0, 0.05) is 25.9 Å². The number of imidazole rings is 1. The summed E-state index contributed by atoms with van der Waals surface area (Å²) in [5.74, 6) is 1.89. The average molecular weight is 300 g/mol. The van der Waals surface area contributed by atoms with Crippen molar-refractivity contribution in [2.24, 2.45) is 12.0 Å². The number of aliphatic imine (C=N–C) groups is 1. The highest BCUT2D eigenvalue weighted by atomic mass is 28.3. The van der Waals surface area contributed by atoms with E-state index < -0.39 is 9.04 Å². The Hall–Kier alpha value is -1.88. The van der Waals surface area contributed by atoms with Gasteiger partial charge in [-0.05, 0) is 44.6 Å². The van der Waals surface area contributed by atoms with E-state index in [-0.39, 0.29) is 0 Å². The number of rotatable bonds is 5. The molecule has 1 heterocycles. The molecule has 2 rings (SSSR count). The maximum atomic E-state index is 5.92. The molecule has 0 unspecified atom stereocenters. The van der Waals surface area contributed by atoms with E-state index in [9.17, 15) is 0 Å². The lowest BCUT2D eigenvalue weighted by atomic mass is 10.2. The summed E-state index contributed by atoms with van der Waals surface area (Å²) in [6.07, 6.45) is 4.64. The third-order valence-electron chi connectivity index (χ3n) is 3.03. The van der Waals surface area contributed by atoms with Gasteiger partial charge in [-0.3, -0.25) is 4.99 Å². The Balaban J connectivity index is 2.15. The Morgan fingerprint density at radius 2 is 2.10 bits per heavy atom. The molecule has 0 saturated heterocycles. The van der Waals surface area contributed by atoms with Gasteiger partial charge in [-0.25, -0.2) is 4.98 Å². The summed E-state index contributed by atoms with van der Waals surface area (Å²) >= 11 is 0. The van der Waals surface area contributed by atoms with Gasteiger partial charge in [-0.2, -0.15) is 0 Å². The number of benzene rings is 1. The normalized spacial score (nSPS) is 11.5. The first-order chi connectivity index (χ1) is 9.95. The lowest BCUT2D eigenvalue weighted by Gasteiger charge is -2.11. The van der Waals surface area contributed by atoms with Gasteiger partial charge >= 0.3 is 0 Å². The number of nitrogens with zero attached hydrogens (tertiary/aromatic N) is 3. The molecule has 0 spiro atoms. The van der Waals surface area contributed by atoms with E-state index in [0.29, 0.717) is 6.42 Å². The fourth-order valence-corrected chi connectivity index (χ4v) is 2.71. The Bertz CT molecular complexity index is 647. The van der Waals surface area contributed by atoms with E-state index in [2.05, 4.69) is 42.1 Å². The van der Waals surface area contributed by atoms with Crippen LogP contribution < -0.4 is 4.43 Å². The number of hydrogen-bond acceptors (Lipinski definition) is 3. The van der Waals surface area contributed by atoms with Crippen molar-refractivity contribution in [1.29, 1.82) is 0 Å². The van der Waals surface area contributed by atoms with Crippen molar-refractivity contribution in [3.05, 3.63) is 41.5 Å². The van der Waals surface area contributed by atoms with E-state index in [1.807, 2.05) is 37.0 Å². The van der Waals surface area contributed by atoms with Gasteiger partial charge < -0.3 is 8.99 Å². The predicted octanol–water partition coefficient (Wildman–Crippen LogP) is 3.61. The zero-order valence-electron chi connectivity index (χ0n) is 13.3. The molecule has 0 N–H and O–H groups in total. The maximum Gasteiger partial charge on any atom is 0.274 e. The summed E-state index contributed by atoms with van der Waals surface area (Å²) in [7, 11) is 1.21. The molecule has 4 nitrogen and oxygen atoms in total. The molecule has 1 radical (unpaired) electrons. The highest BCUT2D eigenvalue weighted by Crippen LogP contribution is 2.28. The van der Waals surface area contributed by atoms with Crippen LogP contribution in [0.1, 0.15) is 17.1 Å². The Kier molecular flexibility index (Phi) is 4.96. The van der Waals surface area contributed by atoms with Gasteiger partial charge in [0.1, 0.15) is 17.3 Å². The molecule has 1 aromatic heterocycles. The minimum absolute atomic E-state index is 0.716. The topological polar surface area (TPSA) is 39.4 Å². The first-order valence-corrected chi connectivity index (χ1v) is 9.46. The molecule has 0 bridgehead atoms. The van der Waals surface area contributed by atoms with Gasteiger partial charge in [0.15, 0.2) is 0 Å². The molecule has 0 atom stereocenters. The molecule has 0 amide bonds. The molecular weight excluding hydrogens is 278 g/mol. The standard InChI is InChI=1S/C16H22N3OSi/c1-12-6-7-14(15(10-12)20-21(4)5)17-9-8-16-18-13(2)11-19(16)3/h6-7,9-11H,8H2,1-5H3. The fourth-order valence-electron chi connectivity index (χ4n) is 2.11. The second kappa shape index (κ2) is 6.71. The SMILES string of the molecule is Cc1ccc(N=CCc2nc(C)cn2C)c(O[Si](C)C)c1. The summed E-state index contributed by atoms with van der Waals surface area (Å²) in [4.78, 5) is 9.03. The van der Waals surface area contributed by atoms with Gasteiger partial charge in [-0.15, -0.1) is 0 Å². The summed E-state index contributed by atoms with van der Waals surface area (Å²) in [6, 6.07) is 6.12. The van der Waals surface area contributed by atoms with Crippen molar-refractivity contribution in [2.45, 2.75) is 33.4 Å². The van der Waals surface area contributed by atoms with Crippen LogP contribution in [-0.4, -0.2) is 24.8 Å². The predicted molar refractivity (Wildman–Crippen MR) is 89.1 cm³/mol. The maximum absolute atomic E-state index is 5.92. The highest BCUT2D eigenvalue weighted by Gasteiger charge is 2.06. The molecular formula is C16H22N3OSi. The van der Waals surface area contributed by atoms with Crippen LogP contribution in [0, 0.1) is 13.8 Å². The van der Waals surface area contributed by atoms with Crippen LogP contribution in [0.2, 0.25) is 13.1 Å². The van der Waals surface area contributed by atoms with Crippen molar-refractivity contribution < 1.29 is 4.43 Å². The molecule has 5 heteroatoms. The largest absolute Gasteiger partial charge is 0.541 e. The summed E-state index contributed by atoms with van der Waals surface area (Å²) in [5, 5.41) is 0. The van der Waals surface area contributed by atoms with Crippen molar-refractivity contribution in [2.75, 3.05) is 0 Å². The van der Waals surface area contributed by atoms with Crippen LogP contribution in [0.25, 0.3) is 0 Å². The van der Waals surface area contributed by atoms with Gasteiger partial charge in [0.2, 0.25) is 0 Å². The van der Waals surface area contributed by atoms with Gasteiger partial charge in [-0.1, -0.05) is 6.07 Å². The third-order valence-corrected chi connectivity index (χ3v) is 3.65. The Morgan fingerprint density at radius 1 is 1.33 bits per heavy atom. The molecule has 0 aliphatic heterocycles. The lowest BCUT2D eigenvalue weighted by Crippen LogP contribution is -2.11. The van der Waals surface area contributed by atoms with Crippen LogP contribution in [0.5, 0.6) is 5.75 Å². The quantitative estimate of drug-likeness (QED) is 0.625. The van der Waals surface area contributed by atoms with E-state index in [1.165, 1.54) is 5.56 Å². The minimum Gasteiger partial charge on any atom is -0.541 e. The summed E-state index contributed by atoms with van der Waals surface area (Å²) in [6.45, 7) is 8.31. The van der Waals surface area contributed by atoms with Crippen molar-refractivity contribution >= 4 is 20.9 Å². The molecule has 21 heavy (non-hydrogen) atoms. The molecule has 0 aliphatic rings. The first kappa shape index (κ1) is 15.5.